The second-order valence-corrected chi connectivity index (χ2v) is 9.92. The number of rotatable bonds is 7. The summed E-state index contributed by atoms with van der Waals surface area (Å²) in [5, 5.41) is 13.4. The Kier molecular flexibility index (Phi) is 8.98. The molecule has 0 amide bonds. The topological polar surface area (TPSA) is 111 Å². The molecular weight excluding hydrogens is 519 g/mol. The lowest BCUT2D eigenvalue weighted by Crippen LogP contribution is -2.29. The molecule has 0 aliphatic carbocycles. The predicted molar refractivity (Wildman–Crippen MR) is 142 cm³/mol. The quantitative estimate of drug-likeness (QED) is 0.302. The number of nitrogens with one attached hydrogen (secondary N) is 1. The van der Waals surface area contributed by atoms with Crippen molar-refractivity contribution in [3.63, 3.8) is 0 Å². The van der Waals surface area contributed by atoms with Crippen LogP contribution in [0.3, 0.4) is 0 Å². The fraction of sp³-hybridized carbons (Fsp3) is 0.308. The summed E-state index contributed by atoms with van der Waals surface area (Å²) in [4.78, 5) is 6.96. The van der Waals surface area contributed by atoms with Gasteiger partial charge < -0.3 is 10.2 Å². The number of para-hydroxylation sites is 2. The monoisotopic (exact) mass is 547 g/mol. The van der Waals surface area contributed by atoms with Gasteiger partial charge in [-0.15, -0.1) is 0 Å². The first-order chi connectivity index (χ1) is 17.9. The molecular formula is C26H28F3N5O3S. The molecule has 0 aliphatic heterocycles. The van der Waals surface area contributed by atoms with Crippen LogP contribution in [0.4, 0.5) is 19.0 Å². The van der Waals surface area contributed by atoms with Gasteiger partial charge in [0.2, 0.25) is 0 Å². The Morgan fingerprint density at radius 2 is 1.71 bits per heavy atom. The number of hydrogen-bond donors (Lipinski definition) is 2. The Morgan fingerprint density at radius 3 is 2.26 bits per heavy atom. The van der Waals surface area contributed by atoms with Crippen LogP contribution >= 0.6 is 0 Å². The average Bonchev–Trinajstić information content (AvgIpc) is 3.24. The second-order valence-electron chi connectivity index (χ2n) is 8.45. The molecule has 12 heteroatoms. The van der Waals surface area contributed by atoms with Crippen molar-refractivity contribution >= 4 is 32.6 Å². The van der Waals surface area contributed by atoms with Gasteiger partial charge in [0.1, 0.15) is 17.5 Å². The van der Waals surface area contributed by atoms with E-state index in [2.05, 4.69) is 35.1 Å². The number of imidazole rings is 1. The van der Waals surface area contributed by atoms with Crippen LogP contribution in [0.15, 0.2) is 54.6 Å². The number of halogens is 3. The number of nitriles is 1. The van der Waals surface area contributed by atoms with E-state index in [-0.39, 0.29) is 0 Å². The zero-order valence-electron chi connectivity index (χ0n) is 21.1. The maximum absolute atomic E-state index is 13.0. The van der Waals surface area contributed by atoms with E-state index < -0.39 is 21.9 Å². The first-order valence-corrected chi connectivity index (χ1v) is 13.6. The number of anilines is 1. The van der Waals surface area contributed by atoms with Crippen LogP contribution in [0.2, 0.25) is 0 Å². The third-order valence-electron chi connectivity index (χ3n) is 5.84. The molecule has 38 heavy (non-hydrogen) atoms. The lowest BCUT2D eigenvalue weighted by Gasteiger charge is -2.20. The molecule has 2 N–H and O–H groups in total. The van der Waals surface area contributed by atoms with Gasteiger partial charge in [0.15, 0.2) is 5.65 Å². The highest BCUT2D eigenvalue weighted by atomic mass is 32.2. The van der Waals surface area contributed by atoms with E-state index in [1.165, 1.54) is 12.1 Å². The van der Waals surface area contributed by atoms with Gasteiger partial charge in [0.05, 0.1) is 22.9 Å². The minimum absolute atomic E-state index is 0.320. The first kappa shape index (κ1) is 28.9. The molecule has 0 radical (unpaired) electrons. The van der Waals surface area contributed by atoms with Gasteiger partial charge in [0.25, 0.3) is 10.1 Å². The van der Waals surface area contributed by atoms with Crippen molar-refractivity contribution in [3.8, 4) is 17.2 Å². The summed E-state index contributed by atoms with van der Waals surface area (Å²) < 4.78 is 66.9. The van der Waals surface area contributed by atoms with Crippen molar-refractivity contribution < 1.29 is 26.1 Å². The maximum Gasteiger partial charge on any atom is 0.416 e. The Balaban J connectivity index is 0.000000732. The van der Waals surface area contributed by atoms with E-state index in [9.17, 15) is 26.9 Å². The van der Waals surface area contributed by atoms with Gasteiger partial charge >= 0.3 is 6.18 Å². The largest absolute Gasteiger partial charge is 0.416 e. The molecule has 0 aliphatic rings. The summed E-state index contributed by atoms with van der Waals surface area (Å²) in [6.07, 6.45) is -3.70. The van der Waals surface area contributed by atoms with Gasteiger partial charge in [0, 0.05) is 18.7 Å². The van der Waals surface area contributed by atoms with E-state index in [0.29, 0.717) is 35.1 Å². The van der Waals surface area contributed by atoms with Crippen molar-refractivity contribution in [2.75, 3.05) is 37.8 Å². The zero-order valence-corrected chi connectivity index (χ0v) is 21.9. The first-order valence-electron chi connectivity index (χ1n) is 11.8. The number of fused-ring (bicyclic) bond motifs is 3. The molecule has 0 saturated heterocycles. The molecule has 2 aromatic carbocycles. The third kappa shape index (κ3) is 7.00. The van der Waals surface area contributed by atoms with E-state index >= 15 is 0 Å². The number of hydrogen-bond acceptors (Lipinski definition) is 6. The Labute approximate surface area is 219 Å². The van der Waals surface area contributed by atoms with Gasteiger partial charge in [-0.2, -0.15) is 26.9 Å². The molecule has 0 atom stereocenters. The van der Waals surface area contributed by atoms with Crippen LogP contribution in [-0.2, 0) is 16.3 Å². The number of alkyl halides is 3. The summed E-state index contributed by atoms with van der Waals surface area (Å²) in [5.41, 5.74) is 2.73. The molecule has 2 aromatic heterocycles. The Hall–Kier alpha value is -3.66. The average molecular weight is 548 g/mol. The van der Waals surface area contributed by atoms with Crippen molar-refractivity contribution in [1.82, 2.24) is 14.3 Å². The van der Waals surface area contributed by atoms with E-state index in [4.69, 9.17) is 4.55 Å². The number of likely N-dealkylation sites (N-methyl/N-ethyl adjacent to an activating group) is 1. The highest BCUT2D eigenvalue weighted by Gasteiger charge is 2.30. The van der Waals surface area contributed by atoms with E-state index in [1.807, 2.05) is 34.7 Å². The van der Waals surface area contributed by atoms with Gasteiger partial charge in [-0.05, 0) is 49.0 Å². The minimum Gasteiger partial charge on any atom is -0.370 e. The minimum atomic E-state index is -4.42. The van der Waals surface area contributed by atoms with Crippen LogP contribution in [0.25, 0.3) is 27.8 Å². The molecule has 4 rings (SSSR count). The molecule has 0 unspecified atom stereocenters. The fourth-order valence-electron chi connectivity index (χ4n) is 4.02. The standard InChI is InChI=1S/C25H24F3N5.CH4O3S/c1-3-32(4-2)14-13-30-23-15-19(17-9-11-18(12-10-17)25(26,27)28)20(16-29)24-31-21-7-5-6-8-22(21)33(23)24;1-5(2,3)4/h5-12,15,30H,3-4,13-14H2,1-2H3;1H3,(H,2,3,4). The molecule has 4 aromatic rings. The number of nitrogens with zero attached hydrogens (tertiary/aromatic N) is 4. The molecule has 8 nitrogen and oxygen atoms in total. The fourth-order valence-corrected chi connectivity index (χ4v) is 4.02. The molecule has 2 heterocycles. The Bertz CT molecular complexity index is 1550. The molecule has 0 fully saturated rings. The normalized spacial score (nSPS) is 11.9. The highest BCUT2D eigenvalue weighted by molar-refractivity contribution is 7.85. The summed E-state index contributed by atoms with van der Waals surface area (Å²) >= 11 is 0. The van der Waals surface area contributed by atoms with E-state index in [1.54, 1.807) is 0 Å². The van der Waals surface area contributed by atoms with Crippen LogP contribution < -0.4 is 5.32 Å². The van der Waals surface area contributed by atoms with Crippen LogP contribution in [0, 0.1) is 11.3 Å². The Morgan fingerprint density at radius 1 is 1.11 bits per heavy atom. The second kappa shape index (κ2) is 11.8. The lowest BCUT2D eigenvalue weighted by molar-refractivity contribution is -0.137. The van der Waals surface area contributed by atoms with Crippen LogP contribution in [0.5, 0.6) is 0 Å². The summed E-state index contributed by atoms with van der Waals surface area (Å²) in [6.45, 7) is 7.58. The molecule has 0 spiro atoms. The molecule has 0 saturated carbocycles. The number of pyridine rings is 1. The lowest BCUT2D eigenvalue weighted by atomic mass is 10.00. The van der Waals surface area contributed by atoms with Gasteiger partial charge in [-0.25, -0.2) is 4.98 Å². The van der Waals surface area contributed by atoms with Crippen LogP contribution in [-0.4, -0.2) is 59.7 Å². The van der Waals surface area contributed by atoms with Crippen molar-refractivity contribution in [3.05, 3.63) is 65.7 Å². The highest BCUT2D eigenvalue weighted by Crippen LogP contribution is 2.35. The van der Waals surface area contributed by atoms with Gasteiger partial charge in [-0.1, -0.05) is 38.1 Å². The predicted octanol–water partition coefficient (Wildman–Crippen LogP) is 5.30. The SMILES string of the molecule is CCN(CC)CCNc1cc(-c2ccc(C(F)(F)F)cc2)c(C#N)c2nc3ccccc3n12.CS(=O)(=O)O. The van der Waals surface area contributed by atoms with Crippen molar-refractivity contribution in [2.45, 2.75) is 20.0 Å². The zero-order chi connectivity index (χ0) is 28.1. The summed E-state index contributed by atoms with van der Waals surface area (Å²) in [6, 6.07) is 16.5. The number of benzene rings is 2. The maximum atomic E-state index is 13.0. The van der Waals surface area contributed by atoms with Crippen LogP contribution in [0.1, 0.15) is 25.0 Å². The summed E-state index contributed by atoms with van der Waals surface area (Å²) in [5.74, 6) is 0.736. The van der Waals surface area contributed by atoms with E-state index in [0.717, 1.165) is 48.6 Å². The number of aromatic nitrogens is 2. The molecule has 0 bridgehead atoms. The summed E-state index contributed by atoms with van der Waals surface area (Å²) in [7, 11) is -3.67. The molecule has 202 valence electrons. The third-order valence-corrected chi connectivity index (χ3v) is 5.84. The van der Waals surface area contributed by atoms with Gasteiger partial charge in [-0.3, -0.25) is 8.95 Å². The smallest absolute Gasteiger partial charge is 0.370 e. The van der Waals surface area contributed by atoms with Crippen molar-refractivity contribution in [2.24, 2.45) is 0 Å². The van der Waals surface area contributed by atoms with Crippen molar-refractivity contribution in [1.29, 1.82) is 5.26 Å².